The van der Waals surface area contributed by atoms with E-state index >= 15 is 0 Å². The standard InChI is InChI=1S/C13H16ClN3O3/c1-13(12(20)15-2)5-6-17(7-13)9-4-3-8(14)10(16-9)11(18)19/h3-4H,5-7H2,1-2H3,(H,15,20)(H,18,19). The largest absolute Gasteiger partial charge is 0.476 e. The van der Waals surface area contributed by atoms with Crippen molar-refractivity contribution in [1.82, 2.24) is 10.3 Å². The molecule has 1 aromatic rings. The second-order valence-corrected chi connectivity index (χ2v) is 5.52. The number of aromatic carboxylic acids is 1. The Kier molecular flexibility index (Phi) is 3.85. The quantitative estimate of drug-likeness (QED) is 0.881. The van der Waals surface area contributed by atoms with Crippen LogP contribution < -0.4 is 10.2 Å². The number of pyridine rings is 1. The summed E-state index contributed by atoms with van der Waals surface area (Å²) in [5.41, 5.74) is -0.655. The van der Waals surface area contributed by atoms with Crippen LogP contribution in [-0.4, -0.2) is 42.1 Å². The van der Waals surface area contributed by atoms with E-state index in [0.29, 0.717) is 25.3 Å². The minimum atomic E-state index is -1.16. The zero-order valence-electron chi connectivity index (χ0n) is 11.3. The van der Waals surface area contributed by atoms with Gasteiger partial charge in [-0.3, -0.25) is 4.79 Å². The van der Waals surface area contributed by atoms with Gasteiger partial charge in [-0.25, -0.2) is 9.78 Å². The number of carbonyl (C=O) groups excluding carboxylic acids is 1. The van der Waals surface area contributed by atoms with Crippen LogP contribution in [0.5, 0.6) is 0 Å². The average molecular weight is 298 g/mol. The lowest BCUT2D eigenvalue weighted by Crippen LogP contribution is -2.39. The van der Waals surface area contributed by atoms with Gasteiger partial charge in [0.25, 0.3) is 0 Å². The third kappa shape index (κ3) is 2.56. The predicted molar refractivity (Wildman–Crippen MR) is 75.2 cm³/mol. The van der Waals surface area contributed by atoms with Crippen LogP contribution >= 0.6 is 11.6 Å². The second kappa shape index (κ2) is 5.28. The molecule has 0 saturated carbocycles. The number of amides is 1. The number of hydrogen-bond donors (Lipinski definition) is 2. The predicted octanol–water partition coefficient (Wildman–Crippen LogP) is 1.40. The van der Waals surface area contributed by atoms with Gasteiger partial charge >= 0.3 is 5.97 Å². The van der Waals surface area contributed by atoms with Crippen LogP contribution in [0.25, 0.3) is 0 Å². The van der Waals surface area contributed by atoms with Gasteiger partial charge in [0.1, 0.15) is 5.82 Å². The Labute approximate surface area is 121 Å². The molecular formula is C13H16ClN3O3. The third-order valence-electron chi connectivity index (χ3n) is 3.61. The van der Waals surface area contributed by atoms with Crippen LogP contribution in [0, 0.1) is 5.41 Å². The summed E-state index contributed by atoms with van der Waals surface area (Å²) >= 11 is 5.80. The van der Waals surface area contributed by atoms with E-state index < -0.39 is 11.4 Å². The van der Waals surface area contributed by atoms with E-state index in [9.17, 15) is 9.59 Å². The molecule has 0 aromatic carbocycles. The molecule has 0 spiro atoms. The van der Waals surface area contributed by atoms with Gasteiger partial charge in [-0.15, -0.1) is 0 Å². The molecule has 1 atom stereocenters. The normalized spacial score (nSPS) is 21.9. The molecule has 0 bridgehead atoms. The zero-order chi connectivity index (χ0) is 14.9. The lowest BCUT2D eigenvalue weighted by Gasteiger charge is -2.23. The van der Waals surface area contributed by atoms with E-state index in [1.807, 2.05) is 11.8 Å². The minimum Gasteiger partial charge on any atom is -0.476 e. The molecule has 108 valence electrons. The first-order valence-electron chi connectivity index (χ1n) is 6.24. The summed E-state index contributed by atoms with van der Waals surface area (Å²) in [7, 11) is 1.61. The average Bonchev–Trinajstić information content (AvgIpc) is 2.82. The van der Waals surface area contributed by atoms with Gasteiger partial charge in [0.15, 0.2) is 5.69 Å². The molecule has 1 amide bonds. The van der Waals surface area contributed by atoms with Gasteiger partial charge in [-0.05, 0) is 25.5 Å². The van der Waals surface area contributed by atoms with Gasteiger partial charge in [0.2, 0.25) is 5.91 Å². The first kappa shape index (κ1) is 14.6. The van der Waals surface area contributed by atoms with Crippen molar-refractivity contribution in [3.63, 3.8) is 0 Å². The van der Waals surface area contributed by atoms with E-state index in [2.05, 4.69) is 10.3 Å². The number of aromatic nitrogens is 1. The number of anilines is 1. The summed E-state index contributed by atoms with van der Waals surface area (Å²) < 4.78 is 0. The Morgan fingerprint density at radius 2 is 2.20 bits per heavy atom. The number of nitrogens with zero attached hydrogens (tertiary/aromatic N) is 2. The van der Waals surface area contributed by atoms with Crippen molar-refractivity contribution >= 4 is 29.3 Å². The van der Waals surface area contributed by atoms with Gasteiger partial charge in [-0.2, -0.15) is 0 Å². The van der Waals surface area contributed by atoms with Crippen molar-refractivity contribution in [2.45, 2.75) is 13.3 Å². The van der Waals surface area contributed by atoms with Gasteiger partial charge in [0.05, 0.1) is 10.4 Å². The van der Waals surface area contributed by atoms with Crippen LogP contribution in [0.1, 0.15) is 23.8 Å². The number of hydrogen-bond acceptors (Lipinski definition) is 4. The number of rotatable bonds is 3. The van der Waals surface area contributed by atoms with Crippen molar-refractivity contribution < 1.29 is 14.7 Å². The van der Waals surface area contributed by atoms with Crippen LogP contribution in [0.15, 0.2) is 12.1 Å². The monoisotopic (exact) mass is 297 g/mol. The molecule has 1 aliphatic rings. The molecule has 1 saturated heterocycles. The molecule has 0 radical (unpaired) electrons. The summed E-state index contributed by atoms with van der Waals surface area (Å²) in [5, 5.41) is 11.8. The van der Waals surface area contributed by atoms with Crippen LogP contribution in [-0.2, 0) is 4.79 Å². The highest BCUT2D eigenvalue weighted by molar-refractivity contribution is 6.33. The topological polar surface area (TPSA) is 82.5 Å². The molecule has 2 rings (SSSR count). The Balaban J connectivity index is 2.25. The molecule has 1 unspecified atom stereocenters. The minimum absolute atomic E-state index is 0.0209. The zero-order valence-corrected chi connectivity index (χ0v) is 12.1. The molecule has 1 aromatic heterocycles. The highest BCUT2D eigenvalue weighted by Gasteiger charge is 2.40. The Bertz CT molecular complexity index is 564. The highest BCUT2D eigenvalue weighted by atomic mass is 35.5. The molecule has 6 nitrogen and oxygen atoms in total. The fraction of sp³-hybridized carbons (Fsp3) is 0.462. The van der Waals surface area contributed by atoms with Gasteiger partial charge in [0, 0.05) is 20.1 Å². The maximum absolute atomic E-state index is 11.9. The number of carboxylic acids is 1. The smallest absolute Gasteiger partial charge is 0.356 e. The Morgan fingerprint density at radius 1 is 1.50 bits per heavy atom. The van der Waals surface area contributed by atoms with Crippen molar-refractivity contribution in [2.24, 2.45) is 5.41 Å². The molecule has 20 heavy (non-hydrogen) atoms. The van der Waals surface area contributed by atoms with E-state index in [1.165, 1.54) is 6.07 Å². The molecule has 2 heterocycles. The summed E-state index contributed by atoms with van der Waals surface area (Å²) in [6.45, 7) is 3.04. The summed E-state index contributed by atoms with van der Waals surface area (Å²) in [6.07, 6.45) is 0.694. The number of carbonyl (C=O) groups is 2. The van der Waals surface area contributed by atoms with E-state index in [1.54, 1.807) is 13.1 Å². The summed E-state index contributed by atoms with van der Waals surface area (Å²) in [6, 6.07) is 3.19. The van der Waals surface area contributed by atoms with E-state index in [0.717, 1.165) is 0 Å². The van der Waals surface area contributed by atoms with Crippen molar-refractivity contribution in [3.05, 3.63) is 22.8 Å². The first-order valence-corrected chi connectivity index (χ1v) is 6.62. The first-order chi connectivity index (χ1) is 9.37. The van der Waals surface area contributed by atoms with Crippen LogP contribution in [0.3, 0.4) is 0 Å². The number of carboxylic acid groups (broad SMARTS) is 1. The van der Waals surface area contributed by atoms with Gasteiger partial charge in [-0.1, -0.05) is 11.6 Å². The Morgan fingerprint density at radius 3 is 2.80 bits per heavy atom. The van der Waals surface area contributed by atoms with Crippen molar-refractivity contribution in [3.8, 4) is 0 Å². The molecule has 2 N–H and O–H groups in total. The van der Waals surface area contributed by atoms with Crippen molar-refractivity contribution in [2.75, 3.05) is 25.0 Å². The third-order valence-corrected chi connectivity index (χ3v) is 3.91. The molecule has 0 aliphatic carbocycles. The molecular weight excluding hydrogens is 282 g/mol. The van der Waals surface area contributed by atoms with Gasteiger partial charge < -0.3 is 15.3 Å². The number of halogens is 1. The SMILES string of the molecule is CNC(=O)C1(C)CCN(c2ccc(Cl)c(C(=O)O)n2)C1. The van der Waals surface area contributed by atoms with Crippen LogP contribution in [0.2, 0.25) is 5.02 Å². The maximum atomic E-state index is 11.9. The lowest BCUT2D eigenvalue weighted by molar-refractivity contribution is -0.128. The number of nitrogens with one attached hydrogen (secondary N) is 1. The fourth-order valence-corrected chi connectivity index (χ4v) is 2.59. The molecule has 1 aliphatic heterocycles. The molecule has 7 heteroatoms. The lowest BCUT2D eigenvalue weighted by atomic mass is 9.89. The maximum Gasteiger partial charge on any atom is 0.356 e. The highest BCUT2D eigenvalue weighted by Crippen LogP contribution is 2.33. The second-order valence-electron chi connectivity index (χ2n) is 5.12. The summed E-state index contributed by atoms with van der Waals surface area (Å²) in [5.74, 6) is -0.656. The summed E-state index contributed by atoms with van der Waals surface area (Å²) in [4.78, 5) is 28.9. The fourth-order valence-electron chi connectivity index (χ4n) is 2.40. The van der Waals surface area contributed by atoms with Crippen molar-refractivity contribution in [1.29, 1.82) is 0 Å². The molecule has 1 fully saturated rings. The Hall–Kier alpha value is -1.82. The van der Waals surface area contributed by atoms with E-state index in [-0.39, 0.29) is 16.6 Å². The van der Waals surface area contributed by atoms with Crippen LogP contribution in [0.4, 0.5) is 5.82 Å². The van der Waals surface area contributed by atoms with E-state index in [4.69, 9.17) is 16.7 Å².